The summed E-state index contributed by atoms with van der Waals surface area (Å²) in [5, 5.41) is 23.9. The largest absolute Gasteiger partial charge is 0.384 e. The predicted octanol–water partition coefficient (Wildman–Crippen LogP) is 3.41. The number of pyridine rings is 1. The lowest BCUT2D eigenvalue weighted by Gasteiger charge is -2.34. The molecule has 0 amide bonds. The van der Waals surface area contributed by atoms with E-state index in [1.165, 1.54) is 5.69 Å². The van der Waals surface area contributed by atoms with Gasteiger partial charge in [-0.15, -0.1) is 0 Å². The van der Waals surface area contributed by atoms with Gasteiger partial charge in [0.25, 0.3) is 0 Å². The van der Waals surface area contributed by atoms with Crippen LogP contribution in [0.15, 0.2) is 54.9 Å². The average molecular weight is 469 g/mol. The van der Waals surface area contributed by atoms with Gasteiger partial charge in [0.2, 0.25) is 5.95 Å². The molecule has 1 saturated heterocycles. The highest BCUT2D eigenvalue weighted by Crippen LogP contribution is 2.26. The molecule has 5 rings (SSSR count). The molecule has 1 aliphatic heterocycles. The van der Waals surface area contributed by atoms with Gasteiger partial charge in [0.15, 0.2) is 5.65 Å². The van der Waals surface area contributed by atoms with Crippen molar-refractivity contribution in [3.63, 3.8) is 0 Å². The van der Waals surface area contributed by atoms with Gasteiger partial charge < -0.3 is 20.2 Å². The molecule has 0 bridgehead atoms. The van der Waals surface area contributed by atoms with Crippen LogP contribution in [0.4, 0.5) is 17.3 Å². The smallest absolute Gasteiger partial charge is 0.229 e. The highest BCUT2D eigenvalue weighted by molar-refractivity contribution is 5.85. The van der Waals surface area contributed by atoms with Crippen LogP contribution in [-0.4, -0.2) is 62.8 Å². The molecule has 0 aliphatic carbocycles. The van der Waals surface area contributed by atoms with Gasteiger partial charge in [-0.25, -0.2) is 9.97 Å². The third-order valence-electron chi connectivity index (χ3n) is 6.27. The fourth-order valence-corrected chi connectivity index (χ4v) is 4.18. The summed E-state index contributed by atoms with van der Waals surface area (Å²) in [6.45, 7) is 7.53. The number of nitrogens with zero attached hydrogens (tertiary/aromatic N) is 7. The monoisotopic (exact) mass is 468 g/mol. The normalized spacial score (nSPS) is 14.8. The molecule has 0 spiro atoms. The molecule has 0 unspecified atom stereocenters. The Morgan fingerprint density at radius 2 is 1.77 bits per heavy atom. The van der Waals surface area contributed by atoms with Gasteiger partial charge in [-0.3, -0.25) is 4.57 Å². The van der Waals surface area contributed by atoms with Crippen LogP contribution in [0, 0.1) is 11.3 Å². The van der Waals surface area contributed by atoms with Gasteiger partial charge in [-0.05, 0) is 57.3 Å². The Morgan fingerprint density at radius 3 is 2.46 bits per heavy atom. The lowest BCUT2D eigenvalue weighted by Crippen LogP contribution is -2.44. The molecule has 1 fully saturated rings. The van der Waals surface area contributed by atoms with Gasteiger partial charge in [0, 0.05) is 49.9 Å². The van der Waals surface area contributed by atoms with Gasteiger partial charge in [-0.1, -0.05) is 6.07 Å². The van der Waals surface area contributed by atoms with Crippen LogP contribution in [0.25, 0.3) is 16.9 Å². The van der Waals surface area contributed by atoms with E-state index in [1.807, 2.05) is 24.3 Å². The zero-order valence-electron chi connectivity index (χ0n) is 20.1. The van der Waals surface area contributed by atoms with E-state index in [4.69, 9.17) is 4.98 Å². The number of anilines is 3. The standard InChI is InChI=1S/C26H28N8O/c1-26(2,35)22-5-4-6-23(30-22)34-17-18(15-27)21-16-28-25(31-24(21)34)29-19-7-9-20(10-8-19)33-13-11-32(3)12-14-33/h4-10,16-17,35H,11-14H2,1-3H3,(H,28,29,31). The zero-order valence-corrected chi connectivity index (χ0v) is 20.1. The zero-order chi connectivity index (χ0) is 24.6. The van der Waals surface area contributed by atoms with Crippen molar-refractivity contribution in [2.24, 2.45) is 0 Å². The Kier molecular flexibility index (Phi) is 5.84. The van der Waals surface area contributed by atoms with E-state index in [0.29, 0.717) is 34.1 Å². The van der Waals surface area contributed by atoms with Crippen molar-refractivity contribution in [2.75, 3.05) is 43.4 Å². The number of aliphatic hydroxyl groups is 1. The van der Waals surface area contributed by atoms with Crippen LogP contribution in [0.3, 0.4) is 0 Å². The molecule has 2 N–H and O–H groups in total. The molecule has 4 aromatic rings. The Balaban J connectivity index is 1.44. The fourth-order valence-electron chi connectivity index (χ4n) is 4.18. The third-order valence-corrected chi connectivity index (χ3v) is 6.27. The molecule has 1 aromatic carbocycles. The van der Waals surface area contributed by atoms with Crippen molar-refractivity contribution in [1.29, 1.82) is 5.26 Å². The number of benzene rings is 1. The van der Waals surface area contributed by atoms with Crippen molar-refractivity contribution < 1.29 is 5.11 Å². The van der Waals surface area contributed by atoms with Gasteiger partial charge in [-0.2, -0.15) is 10.2 Å². The number of nitriles is 1. The molecule has 9 nitrogen and oxygen atoms in total. The number of piperazine rings is 1. The first-order chi connectivity index (χ1) is 16.8. The van der Waals surface area contributed by atoms with E-state index < -0.39 is 5.60 Å². The van der Waals surface area contributed by atoms with Crippen LogP contribution in [0.2, 0.25) is 0 Å². The molecule has 9 heteroatoms. The Bertz CT molecular complexity index is 1390. The summed E-state index contributed by atoms with van der Waals surface area (Å²) in [5.41, 5.74) is 2.54. The number of aromatic nitrogens is 4. The second kappa shape index (κ2) is 8.98. The summed E-state index contributed by atoms with van der Waals surface area (Å²) in [7, 11) is 2.15. The fraction of sp³-hybridized carbons (Fsp3) is 0.308. The first-order valence-corrected chi connectivity index (χ1v) is 11.6. The summed E-state index contributed by atoms with van der Waals surface area (Å²) in [4.78, 5) is 18.5. The topological polar surface area (TPSA) is 106 Å². The average Bonchev–Trinajstić information content (AvgIpc) is 3.23. The van der Waals surface area contributed by atoms with Gasteiger partial charge >= 0.3 is 0 Å². The van der Waals surface area contributed by atoms with Crippen LogP contribution < -0.4 is 10.2 Å². The maximum Gasteiger partial charge on any atom is 0.229 e. The van der Waals surface area contributed by atoms with Crippen LogP contribution >= 0.6 is 0 Å². The number of nitrogens with one attached hydrogen (secondary N) is 1. The van der Waals surface area contributed by atoms with Gasteiger partial charge in [0.1, 0.15) is 17.5 Å². The molecule has 4 heterocycles. The van der Waals surface area contributed by atoms with E-state index in [-0.39, 0.29) is 0 Å². The Morgan fingerprint density at radius 1 is 1.03 bits per heavy atom. The number of hydrogen-bond acceptors (Lipinski definition) is 8. The van der Waals surface area contributed by atoms with Crippen LogP contribution in [0.1, 0.15) is 25.1 Å². The van der Waals surface area contributed by atoms with Crippen LogP contribution in [0.5, 0.6) is 0 Å². The number of fused-ring (bicyclic) bond motifs is 1. The van der Waals surface area contributed by atoms with E-state index in [0.717, 1.165) is 31.9 Å². The van der Waals surface area contributed by atoms with E-state index in [9.17, 15) is 10.4 Å². The Hall–Kier alpha value is -4.00. The minimum Gasteiger partial charge on any atom is -0.384 e. The summed E-state index contributed by atoms with van der Waals surface area (Å²) in [6.07, 6.45) is 3.35. The lowest BCUT2D eigenvalue weighted by molar-refractivity contribution is 0.0738. The first kappa shape index (κ1) is 22.8. The lowest BCUT2D eigenvalue weighted by atomic mass is 10.1. The van der Waals surface area contributed by atoms with Crippen molar-refractivity contribution in [3.05, 3.63) is 66.1 Å². The van der Waals surface area contributed by atoms with Crippen molar-refractivity contribution >= 4 is 28.4 Å². The maximum absolute atomic E-state index is 10.4. The number of likely N-dealkylation sites (N-methyl/N-ethyl adjacent to an activating group) is 1. The minimum atomic E-state index is -1.09. The highest BCUT2D eigenvalue weighted by Gasteiger charge is 2.20. The van der Waals surface area contributed by atoms with Crippen molar-refractivity contribution in [3.8, 4) is 11.9 Å². The Labute approximate surface area is 204 Å². The number of hydrogen-bond donors (Lipinski definition) is 2. The second-order valence-corrected chi connectivity index (χ2v) is 9.36. The van der Waals surface area contributed by atoms with Crippen molar-refractivity contribution in [1.82, 2.24) is 24.4 Å². The van der Waals surface area contributed by atoms with E-state index in [2.05, 4.69) is 50.3 Å². The SMILES string of the molecule is CN1CCN(c2ccc(Nc3ncc4c(C#N)cn(-c5cccc(C(C)(C)O)n5)c4n3)cc2)CC1. The summed E-state index contributed by atoms with van der Waals surface area (Å²) in [5.74, 6) is 0.990. The summed E-state index contributed by atoms with van der Waals surface area (Å²) < 4.78 is 1.76. The first-order valence-electron chi connectivity index (χ1n) is 11.6. The molecular formula is C26H28N8O. The number of rotatable bonds is 5. The van der Waals surface area contributed by atoms with E-state index in [1.54, 1.807) is 36.9 Å². The molecule has 1 aliphatic rings. The van der Waals surface area contributed by atoms with E-state index >= 15 is 0 Å². The molecular weight excluding hydrogens is 440 g/mol. The molecule has 0 radical (unpaired) electrons. The highest BCUT2D eigenvalue weighted by atomic mass is 16.3. The van der Waals surface area contributed by atoms with Crippen molar-refractivity contribution in [2.45, 2.75) is 19.4 Å². The molecule has 0 saturated carbocycles. The van der Waals surface area contributed by atoms with Crippen LogP contribution in [-0.2, 0) is 5.60 Å². The quantitative estimate of drug-likeness (QED) is 0.459. The summed E-state index contributed by atoms with van der Waals surface area (Å²) >= 11 is 0. The second-order valence-electron chi connectivity index (χ2n) is 9.36. The van der Waals surface area contributed by atoms with Gasteiger partial charge in [0.05, 0.1) is 16.6 Å². The molecule has 0 atom stereocenters. The molecule has 178 valence electrons. The third kappa shape index (κ3) is 4.67. The molecule has 3 aromatic heterocycles. The molecule has 35 heavy (non-hydrogen) atoms. The predicted molar refractivity (Wildman–Crippen MR) is 136 cm³/mol. The maximum atomic E-state index is 10.4. The minimum absolute atomic E-state index is 0.423. The summed E-state index contributed by atoms with van der Waals surface area (Å²) in [6, 6.07) is 15.9.